The SMILES string of the molecule is C1=C(C2CNCCO2)CC1. The van der Waals surface area contributed by atoms with Gasteiger partial charge in [-0.25, -0.2) is 0 Å². The Kier molecular flexibility index (Phi) is 1.74. The molecule has 0 spiro atoms. The molecule has 2 aliphatic rings. The normalized spacial score (nSPS) is 32.8. The van der Waals surface area contributed by atoms with E-state index in [4.69, 9.17) is 4.74 Å². The molecule has 1 unspecified atom stereocenters. The Labute approximate surface area is 61.3 Å². The highest BCUT2D eigenvalue weighted by atomic mass is 16.5. The van der Waals surface area contributed by atoms with Gasteiger partial charge in [0.05, 0.1) is 12.7 Å². The number of ether oxygens (including phenoxy) is 1. The average Bonchev–Trinajstić information content (AvgIpc) is 1.86. The van der Waals surface area contributed by atoms with Crippen molar-refractivity contribution in [3.05, 3.63) is 11.6 Å². The molecule has 0 saturated carbocycles. The minimum absolute atomic E-state index is 0.405. The first-order valence-corrected chi connectivity index (χ1v) is 3.98. The van der Waals surface area contributed by atoms with E-state index < -0.39 is 0 Å². The predicted molar refractivity (Wildman–Crippen MR) is 39.9 cm³/mol. The van der Waals surface area contributed by atoms with Crippen LogP contribution in [0.4, 0.5) is 0 Å². The first-order chi connectivity index (χ1) is 4.97. The van der Waals surface area contributed by atoms with E-state index in [0.29, 0.717) is 6.10 Å². The third-order valence-electron chi connectivity index (χ3n) is 2.18. The molecule has 56 valence electrons. The van der Waals surface area contributed by atoms with Crippen LogP contribution in [-0.4, -0.2) is 25.8 Å². The average molecular weight is 139 g/mol. The molecule has 10 heavy (non-hydrogen) atoms. The molecule has 0 aromatic rings. The van der Waals surface area contributed by atoms with Crippen LogP contribution in [0.1, 0.15) is 12.8 Å². The monoisotopic (exact) mass is 139 g/mol. The van der Waals surface area contributed by atoms with Gasteiger partial charge in [-0.3, -0.25) is 0 Å². The molecule has 1 atom stereocenters. The van der Waals surface area contributed by atoms with Crippen LogP contribution < -0.4 is 5.32 Å². The highest BCUT2D eigenvalue weighted by Gasteiger charge is 2.20. The van der Waals surface area contributed by atoms with Gasteiger partial charge in [0.25, 0.3) is 0 Å². The van der Waals surface area contributed by atoms with Crippen LogP contribution in [0, 0.1) is 0 Å². The minimum atomic E-state index is 0.405. The Morgan fingerprint density at radius 1 is 1.60 bits per heavy atom. The summed E-state index contributed by atoms with van der Waals surface area (Å²) in [7, 11) is 0. The van der Waals surface area contributed by atoms with Gasteiger partial charge in [0.2, 0.25) is 0 Å². The second-order valence-electron chi connectivity index (χ2n) is 2.88. The number of hydrogen-bond donors (Lipinski definition) is 1. The number of hydrogen-bond acceptors (Lipinski definition) is 2. The lowest BCUT2D eigenvalue weighted by Crippen LogP contribution is -2.40. The van der Waals surface area contributed by atoms with E-state index in [0.717, 1.165) is 19.7 Å². The second-order valence-corrected chi connectivity index (χ2v) is 2.88. The maximum absolute atomic E-state index is 5.55. The molecule has 2 rings (SSSR count). The van der Waals surface area contributed by atoms with Crippen molar-refractivity contribution in [1.29, 1.82) is 0 Å². The summed E-state index contributed by atoms with van der Waals surface area (Å²) in [5.41, 5.74) is 1.51. The summed E-state index contributed by atoms with van der Waals surface area (Å²) >= 11 is 0. The fourth-order valence-electron chi connectivity index (χ4n) is 1.41. The van der Waals surface area contributed by atoms with Gasteiger partial charge in [0.15, 0.2) is 0 Å². The molecule has 1 N–H and O–H groups in total. The molecule has 0 amide bonds. The molecule has 1 aliphatic carbocycles. The van der Waals surface area contributed by atoms with Crippen LogP contribution in [0.15, 0.2) is 11.6 Å². The topological polar surface area (TPSA) is 21.3 Å². The maximum Gasteiger partial charge on any atom is 0.0910 e. The number of rotatable bonds is 1. The lowest BCUT2D eigenvalue weighted by Gasteiger charge is -2.29. The minimum Gasteiger partial charge on any atom is -0.371 e. The van der Waals surface area contributed by atoms with E-state index in [1.165, 1.54) is 18.4 Å². The van der Waals surface area contributed by atoms with Crippen molar-refractivity contribution in [3.8, 4) is 0 Å². The molecule has 0 bridgehead atoms. The zero-order valence-electron chi connectivity index (χ0n) is 6.10. The maximum atomic E-state index is 5.55. The second kappa shape index (κ2) is 2.72. The van der Waals surface area contributed by atoms with Crippen molar-refractivity contribution >= 4 is 0 Å². The Morgan fingerprint density at radius 3 is 3.00 bits per heavy atom. The van der Waals surface area contributed by atoms with E-state index in [1.54, 1.807) is 0 Å². The Hall–Kier alpha value is -0.340. The zero-order chi connectivity index (χ0) is 6.81. The molecule has 1 aliphatic heterocycles. The molecule has 1 heterocycles. The van der Waals surface area contributed by atoms with Gasteiger partial charge in [0, 0.05) is 13.1 Å². The van der Waals surface area contributed by atoms with Gasteiger partial charge in [0.1, 0.15) is 0 Å². The number of morpholine rings is 1. The van der Waals surface area contributed by atoms with E-state index in [2.05, 4.69) is 11.4 Å². The summed E-state index contributed by atoms with van der Waals surface area (Å²) in [5, 5.41) is 3.32. The Balaban J connectivity index is 1.90. The molecule has 1 saturated heterocycles. The number of nitrogens with one attached hydrogen (secondary N) is 1. The first kappa shape index (κ1) is 6.38. The predicted octanol–water partition coefficient (Wildman–Crippen LogP) is 0.695. The van der Waals surface area contributed by atoms with Gasteiger partial charge >= 0.3 is 0 Å². The van der Waals surface area contributed by atoms with Crippen molar-refractivity contribution < 1.29 is 4.74 Å². The van der Waals surface area contributed by atoms with Gasteiger partial charge in [-0.15, -0.1) is 0 Å². The Bertz CT molecular complexity index is 147. The van der Waals surface area contributed by atoms with Crippen molar-refractivity contribution in [2.45, 2.75) is 18.9 Å². The van der Waals surface area contributed by atoms with Crippen LogP contribution in [0.2, 0.25) is 0 Å². The van der Waals surface area contributed by atoms with E-state index in [9.17, 15) is 0 Å². The first-order valence-electron chi connectivity index (χ1n) is 3.98. The molecular formula is C8H13NO. The lowest BCUT2D eigenvalue weighted by atomic mass is 9.93. The molecule has 0 aromatic heterocycles. The highest BCUT2D eigenvalue weighted by Crippen LogP contribution is 2.23. The van der Waals surface area contributed by atoms with Gasteiger partial charge in [-0.05, 0) is 18.4 Å². The molecule has 0 radical (unpaired) electrons. The third kappa shape index (κ3) is 1.09. The van der Waals surface area contributed by atoms with Gasteiger partial charge in [-0.1, -0.05) is 6.08 Å². The van der Waals surface area contributed by atoms with Gasteiger partial charge < -0.3 is 10.1 Å². The Morgan fingerprint density at radius 2 is 2.50 bits per heavy atom. The quantitative estimate of drug-likeness (QED) is 0.540. The lowest BCUT2D eigenvalue weighted by molar-refractivity contribution is 0.0475. The standard InChI is InChI=1S/C8H13NO/c1-2-7(3-1)8-6-9-4-5-10-8/h2,8-9H,1,3-6H2. The van der Waals surface area contributed by atoms with Crippen molar-refractivity contribution in [3.63, 3.8) is 0 Å². The van der Waals surface area contributed by atoms with Crippen LogP contribution in [0.3, 0.4) is 0 Å². The summed E-state index contributed by atoms with van der Waals surface area (Å²) in [5.74, 6) is 0. The zero-order valence-corrected chi connectivity index (χ0v) is 6.10. The van der Waals surface area contributed by atoms with Crippen molar-refractivity contribution in [1.82, 2.24) is 5.32 Å². The highest BCUT2D eigenvalue weighted by molar-refractivity contribution is 5.18. The van der Waals surface area contributed by atoms with Crippen LogP contribution in [0.5, 0.6) is 0 Å². The molecule has 2 nitrogen and oxygen atoms in total. The van der Waals surface area contributed by atoms with E-state index in [-0.39, 0.29) is 0 Å². The third-order valence-corrected chi connectivity index (χ3v) is 2.18. The fraction of sp³-hybridized carbons (Fsp3) is 0.750. The smallest absolute Gasteiger partial charge is 0.0910 e. The summed E-state index contributed by atoms with van der Waals surface area (Å²) in [4.78, 5) is 0. The van der Waals surface area contributed by atoms with Crippen molar-refractivity contribution in [2.24, 2.45) is 0 Å². The van der Waals surface area contributed by atoms with Crippen LogP contribution in [-0.2, 0) is 4.74 Å². The molecule has 2 heteroatoms. The van der Waals surface area contributed by atoms with Crippen molar-refractivity contribution in [2.75, 3.05) is 19.7 Å². The number of allylic oxidation sites excluding steroid dienone is 1. The van der Waals surface area contributed by atoms with E-state index in [1.807, 2.05) is 0 Å². The summed E-state index contributed by atoms with van der Waals surface area (Å²) in [6.45, 7) is 2.91. The van der Waals surface area contributed by atoms with Crippen LogP contribution in [0.25, 0.3) is 0 Å². The fourth-order valence-corrected chi connectivity index (χ4v) is 1.41. The summed E-state index contributed by atoms with van der Waals surface area (Å²) < 4.78 is 5.55. The summed E-state index contributed by atoms with van der Waals surface area (Å²) in [6.07, 6.45) is 5.21. The molecule has 1 fully saturated rings. The largest absolute Gasteiger partial charge is 0.371 e. The van der Waals surface area contributed by atoms with Crippen LogP contribution >= 0.6 is 0 Å². The van der Waals surface area contributed by atoms with Gasteiger partial charge in [-0.2, -0.15) is 0 Å². The molecular weight excluding hydrogens is 126 g/mol. The van der Waals surface area contributed by atoms with E-state index >= 15 is 0 Å². The molecule has 0 aromatic carbocycles. The summed E-state index contributed by atoms with van der Waals surface area (Å²) in [6, 6.07) is 0.